The van der Waals surface area contributed by atoms with Gasteiger partial charge in [-0.15, -0.1) is 0 Å². The molecule has 2 aliphatic heterocycles. The third-order valence-electron chi connectivity index (χ3n) is 11.7. The third kappa shape index (κ3) is 5.61. The number of benzene rings is 8. The monoisotopic (exact) mass is 764 g/mol. The summed E-state index contributed by atoms with van der Waals surface area (Å²) in [5, 5.41) is 43.5. The van der Waals surface area contributed by atoms with Gasteiger partial charge in [0.05, 0.1) is 69.3 Å². The molecule has 0 spiro atoms. The zero-order valence-corrected chi connectivity index (χ0v) is 32.2. The Labute approximate surface area is 348 Å². The summed E-state index contributed by atoms with van der Waals surface area (Å²) in [6.07, 6.45) is 0. The summed E-state index contributed by atoms with van der Waals surface area (Å²) in [6, 6.07) is 70.1. The van der Waals surface area contributed by atoms with Crippen molar-refractivity contribution in [3.63, 3.8) is 0 Å². The Balaban J connectivity index is 1.14. The molecule has 0 fully saturated rings. The lowest BCUT2D eigenvalue weighted by Crippen LogP contribution is -2.22. The number of fused-ring (bicyclic) bond motifs is 4. The van der Waals surface area contributed by atoms with Crippen molar-refractivity contribution < 1.29 is 0 Å². The number of rotatable bonds is 5. The number of nitrogens with zero attached hydrogens (tertiary/aromatic N) is 6. The van der Waals surface area contributed by atoms with Gasteiger partial charge in [0.1, 0.15) is 0 Å². The molecule has 60 heavy (non-hydrogen) atoms. The van der Waals surface area contributed by atoms with Gasteiger partial charge in [0, 0.05) is 34.3 Å². The molecule has 6 heteroatoms. The molecule has 0 atom stereocenters. The second-order valence-corrected chi connectivity index (χ2v) is 14.9. The van der Waals surface area contributed by atoms with Crippen LogP contribution in [0.4, 0.5) is 34.1 Å². The molecule has 10 rings (SSSR count). The Morgan fingerprint density at radius 3 is 0.833 bits per heavy atom. The van der Waals surface area contributed by atoms with E-state index in [0.29, 0.717) is 11.4 Å². The fourth-order valence-electron chi connectivity index (χ4n) is 9.30. The van der Waals surface area contributed by atoms with Gasteiger partial charge in [-0.05, 0) is 81.9 Å². The highest BCUT2D eigenvalue weighted by Gasteiger charge is 2.35. The van der Waals surface area contributed by atoms with Gasteiger partial charge in [0.25, 0.3) is 0 Å². The Kier molecular flexibility index (Phi) is 8.74. The minimum absolute atomic E-state index is 0.0297. The van der Waals surface area contributed by atoms with Gasteiger partial charge in [0.15, 0.2) is 0 Å². The second-order valence-electron chi connectivity index (χ2n) is 14.9. The molecular weight excluding hydrogens is 733 g/mol. The van der Waals surface area contributed by atoms with Crippen LogP contribution in [0.3, 0.4) is 0 Å². The maximum atomic E-state index is 10.9. The Hall–Kier alpha value is -8.68. The van der Waals surface area contributed by atoms with Crippen LogP contribution >= 0.6 is 0 Å². The zero-order valence-electron chi connectivity index (χ0n) is 32.2. The quantitative estimate of drug-likeness (QED) is 0.173. The molecule has 2 heterocycles. The zero-order chi connectivity index (χ0) is 40.7. The predicted molar refractivity (Wildman–Crippen MR) is 235 cm³/mol. The van der Waals surface area contributed by atoms with E-state index in [-0.39, 0.29) is 45.2 Å². The van der Waals surface area contributed by atoms with Gasteiger partial charge in [0.2, 0.25) is 0 Å². The maximum Gasteiger partial charge on any atom is 0.0999 e. The maximum absolute atomic E-state index is 10.9. The standard InChI is InChI=1S/C54H32N6/c55-31-37-27-41(59-47-23-11-7-19-43(47)53(35-15-3-1-4-16-35)44-20-8-12-24-48(44)59)28-38(32-56)51(37)52-39(33-57)29-42(30-40(52)34-58)60-49-25-13-9-21-45(49)54(36-17-5-2-6-18-36)46-22-10-14-26-50(46)60/h1-30,53-54H. The summed E-state index contributed by atoms with van der Waals surface area (Å²) in [6.45, 7) is 0. The van der Waals surface area contributed by atoms with E-state index in [1.54, 1.807) is 24.3 Å². The molecule has 0 unspecified atom stereocenters. The lowest BCUT2D eigenvalue weighted by molar-refractivity contribution is 0.938. The molecule has 0 aliphatic carbocycles. The molecule has 0 saturated carbocycles. The summed E-state index contributed by atoms with van der Waals surface area (Å²) in [5.74, 6) is -0.0594. The van der Waals surface area contributed by atoms with Crippen molar-refractivity contribution in [3.8, 4) is 35.4 Å². The number of anilines is 6. The van der Waals surface area contributed by atoms with Crippen LogP contribution in [-0.4, -0.2) is 0 Å². The summed E-state index contributed by atoms with van der Waals surface area (Å²) in [5.41, 5.74) is 12.9. The molecule has 0 amide bonds. The van der Waals surface area contributed by atoms with Gasteiger partial charge < -0.3 is 9.80 Å². The number of nitriles is 4. The summed E-state index contributed by atoms with van der Waals surface area (Å²) in [7, 11) is 0. The summed E-state index contributed by atoms with van der Waals surface area (Å²) >= 11 is 0. The normalized spacial score (nSPS) is 12.7. The average molecular weight is 765 g/mol. The first kappa shape index (κ1) is 35.7. The highest BCUT2D eigenvalue weighted by Crippen LogP contribution is 2.54. The molecule has 278 valence electrons. The average Bonchev–Trinajstić information content (AvgIpc) is 3.32. The highest BCUT2D eigenvalue weighted by molar-refractivity contribution is 5.94. The molecule has 0 radical (unpaired) electrons. The molecular formula is C54H32N6. The molecule has 0 saturated heterocycles. The van der Waals surface area contributed by atoms with Gasteiger partial charge in [-0.25, -0.2) is 0 Å². The lowest BCUT2D eigenvalue weighted by atomic mass is 9.79. The number of hydrogen-bond acceptors (Lipinski definition) is 6. The Morgan fingerprint density at radius 2 is 0.567 bits per heavy atom. The summed E-state index contributed by atoms with van der Waals surface area (Å²) < 4.78 is 0. The third-order valence-corrected chi connectivity index (χ3v) is 11.7. The van der Waals surface area contributed by atoms with E-state index in [4.69, 9.17) is 0 Å². The van der Waals surface area contributed by atoms with Crippen LogP contribution in [0.2, 0.25) is 0 Å². The van der Waals surface area contributed by atoms with Gasteiger partial charge >= 0.3 is 0 Å². The number of para-hydroxylation sites is 4. The predicted octanol–water partition coefficient (Wildman–Crippen LogP) is 12.8. The van der Waals surface area contributed by atoms with E-state index >= 15 is 0 Å². The smallest absolute Gasteiger partial charge is 0.0999 e. The Morgan fingerprint density at radius 1 is 0.317 bits per heavy atom. The van der Waals surface area contributed by atoms with E-state index in [1.807, 2.05) is 84.9 Å². The molecule has 8 aromatic rings. The van der Waals surface area contributed by atoms with Crippen molar-refractivity contribution in [3.05, 3.63) is 238 Å². The van der Waals surface area contributed by atoms with E-state index in [2.05, 4.69) is 107 Å². The van der Waals surface area contributed by atoms with Crippen LogP contribution < -0.4 is 9.80 Å². The van der Waals surface area contributed by atoms with Crippen molar-refractivity contribution in [2.24, 2.45) is 0 Å². The lowest BCUT2D eigenvalue weighted by Gasteiger charge is -2.38. The van der Waals surface area contributed by atoms with E-state index in [0.717, 1.165) is 56.1 Å². The van der Waals surface area contributed by atoms with Crippen LogP contribution in [0.25, 0.3) is 11.1 Å². The van der Waals surface area contributed by atoms with Crippen LogP contribution in [0.5, 0.6) is 0 Å². The van der Waals surface area contributed by atoms with Crippen LogP contribution in [-0.2, 0) is 0 Å². The minimum Gasteiger partial charge on any atom is -0.310 e. The van der Waals surface area contributed by atoms with Gasteiger partial charge in [-0.1, -0.05) is 133 Å². The van der Waals surface area contributed by atoms with Crippen LogP contribution in [0.15, 0.2) is 182 Å². The van der Waals surface area contributed by atoms with E-state index in [9.17, 15) is 21.0 Å². The topological polar surface area (TPSA) is 102 Å². The first-order chi connectivity index (χ1) is 29.6. The van der Waals surface area contributed by atoms with Gasteiger partial charge in [-0.3, -0.25) is 0 Å². The van der Waals surface area contributed by atoms with E-state index in [1.165, 1.54) is 0 Å². The number of hydrogen-bond donors (Lipinski definition) is 0. The van der Waals surface area contributed by atoms with Crippen LogP contribution in [0, 0.1) is 45.3 Å². The van der Waals surface area contributed by atoms with Gasteiger partial charge in [-0.2, -0.15) is 21.0 Å². The molecule has 0 aromatic heterocycles. The Bertz CT molecular complexity index is 2800. The van der Waals surface area contributed by atoms with Crippen molar-refractivity contribution >= 4 is 34.1 Å². The molecule has 0 bridgehead atoms. The van der Waals surface area contributed by atoms with Crippen LogP contribution in [0.1, 0.15) is 67.5 Å². The SMILES string of the molecule is N#Cc1cc(N2c3ccccc3C(c3ccccc3)c3ccccc32)cc(C#N)c1-c1c(C#N)cc(N2c3ccccc3C(c3ccccc3)c3ccccc32)cc1C#N. The fraction of sp³-hybridized carbons (Fsp3) is 0.0370. The molecule has 6 nitrogen and oxygen atoms in total. The highest BCUT2D eigenvalue weighted by atomic mass is 15.2. The largest absolute Gasteiger partial charge is 0.310 e. The fourth-order valence-corrected chi connectivity index (χ4v) is 9.30. The first-order valence-corrected chi connectivity index (χ1v) is 19.7. The van der Waals surface area contributed by atoms with E-state index < -0.39 is 0 Å². The molecule has 0 N–H and O–H groups in total. The van der Waals surface area contributed by atoms with Crippen molar-refractivity contribution in [2.75, 3.05) is 9.80 Å². The second kappa shape index (κ2) is 14.7. The first-order valence-electron chi connectivity index (χ1n) is 19.7. The molecule has 8 aromatic carbocycles. The summed E-state index contributed by atoms with van der Waals surface area (Å²) in [4.78, 5) is 4.20. The minimum atomic E-state index is -0.0297. The van der Waals surface area contributed by atoms with Crippen molar-refractivity contribution in [1.29, 1.82) is 21.0 Å². The van der Waals surface area contributed by atoms with Crippen molar-refractivity contribution in [2.45, 2.75) is 11.8 Å². The van der Waals surface area contributed by atoms with Crippen molar-refractivity contribution in [1.82, 2.24) is 0 Å². The molecule has 2 aliphatic rings.